The number of halogens is 1. The van der Waals surface area contributed by atoms with Gasteiger partial charge in [-0.15, -0.1) is 11.3 Å². The van der Waals surface area contributed by atoms with Crippen molar-refractivity contribution in [3.8, 4) is 0 Å². The molecule has 0 bridgehead atoms. The summed E-state index contributed by atoms with van der Waals surface area (Å²) in [5.74, 6) is -0.221. The van der Waals surface area contributed by atoms with Gasteiger partial charge in [-0.2, -0.15) is 0 Å². The first-order valence-electron chi connectivity index (χ1n) is 7.57. The summed E-state index contributed by atoms with van der Waals surface area (Å²) >= 11 is 6.81. The largest absolute Gasteiger partial charge is 0.480 e. The summed E-state index contributed by atoms with van der Waals surface area (Å²) in [6.45, 7) is 0.831. The summed E-state index contributed by atoms with van der Waals surface area (Å²) in [7, 11) is -3.53. The molecule has 1 aromatic heterocycles. The van der Waals surface area contributed by atoms with E-state index >= 15 is 0 Å². The van der Waals surface area contributed by atoms with Gasteiger partial charge in [0.05, 0.1) is 10.9 Å². The molecule has 0 aromatic carbocycles. The molecule has 9 heteroatoms. The number of nitrogens with zero attached hydrogens (tertiary/aromatic N) is 1. The average molecular weight is 379 g/mol. The van der Waals surface area contributed by atoms with Crippen LogP contribution in [0.4, 0.5) is 0 Å². The van der Waals surface area contributed by atoms with Gasteiger partial charge >= 0.3 is 5.97 Å². The Labute approximate surface area is 144 Å². The minimum absolute atomic E-state index is 0.0289. The smallest absolute Gasteiger partial charge is 0.317 e. The van der Waals surface area contributed by atoms with Gasteiger partial charge in [0.25, 0.3) is 0 Å². The van der Waals surface area contributed by atoms with Gasteiger partial charge in [-0.25, -0.2) is 13.1 Å². The lowest BCUT2D eigenvalue weighted by Crippen LogP contribution is -2.55. The van der Waals surface area contributed by atoms with Crippen LogP contribution in [0.25, 0.3) is 0 Å². The Kier molecular flexibility index (Phi) is 4.98. The molecule has 1 heterocycles. The van der Waals surface area contributed by atoms with Crippen LogP contribution in [-0.2, 0) is 14.8 Å². The monoisotopic (exact) mass is 378 g/mol. The van der Waals surface area contributed by atoms with Gasteiger partial charge in [-0.3, -0.25) is 9.69 Å². The molecule has 0 radical (unpaired) electrons. The molecular formula is C14H19ClN2O4S2. The summed E-state index contributed by atoms with van der Waals surface area (Å²) in [6.07, 6.45) is 3.63. The zero-order valence-corrected chi connectivity index (χ0v) is 14.8. The van der Waals surface area contributed by atoms with Gasteiger partial charge in [0, 0.05) is 18.6 Å². The van der Waals surface area contributed by atoms with Gasteiger partial charge in [0.2, 0.25) is 10.0 Å². The van der Waals surface area contributed by atoms with E-state index in [1.54, 1.807) is 6.07 Å². The molecule has 23 heavy (non-hydrogen) atoms. The Morgan fingerprint density at radius 2 is 2.09 bits per heavy atom. The van der Waals surface area contributed by atoms with Crippen molar-refractivity contribution in [2.45, 2.75) is 42.0 Å². The van der Waals surface area contributed by atoms with E-state index in [0.717, 1.165) is 30.7 Å². The van der Waals surface area contributed by atoms with Crippen molar-refractivity contribution in [3.63, 3.8) is 0 Å². The number of carboxylic acid groups (broad SMARTS) is 1. The summed E-state index contributed by atoms with van der Waals surface area (Å²) in [4.78, 5) is 13.0. The van der Waals surface area contributed by atoms with Crippen molar-refractivity contribution < 1.29 is 18.3 Å². The third-order valence-corrected chi connectivity index (χ3v) is 7.54. The molecule has 0 unspecified atom stereocenters. The first kappa shape index (κ1) is 17.2. The second kappa shape index (κ2) is 6.68. The van der Waals surface area contributed by atoms with Crippen molar-refractivity contribution in [1.29, 1.82) is 0 Å². The zero-order chi connectivity index (χ0) is 16.6. The van der Waals surface area contributed by atoms with Crippen molar-refractivity contribution in [3.05, 3.63) is 16.5 Å². The predicted molar refractivity (Wildman–Crippen MR) is 88.4 cm³/mol. The lowest BCUT2D eigenvalue weighted by molar-refractivity contribution is -0.139. The second-order valence-electron chi connectivity index (χ2n) is 6.27. The van der Waals surface area contributed by atoms with Crippen LogP contribution in [0.3, 0.4) is 0 Å². The van der Waals surface area contributed by atoms with Crippen LogP contribution >= 0.6 is 22.9 Å². The van der Waals surface area contributed by atoms with Crippen LogP contribution in [0, 0.1) is 5.92 Å². The number of carboxylic acids is 1. The fraction of sp³-hybridized carbons (Fsp3) is 0.643. The first-order chi connectivity index (χ1) is 10.8. The fourth-order valence-electron chi connectivity index (χ4n) is 2.85. The van der Waals surface area contributed by atoms with E-state index in [4.69, 9.17) is 16.7 Å². The van der Waals surface area contributed by atoms with Crippen LogP contribution in [0.15, 0.2) is 16.3 Å². The SMILES string of the molecule is O=C(O)CN(CC1CC1)C1CC(NS(=O)(=O)c2ccc(Cl)s2)C1. The Morgan fingerprint density at radius 1 is 1.39 bits per heavy atom. The highest BCUT2D eigenvalue weighted by Gasteiger charge is 2.39. The number of sulfonamides is 1. The first-order valence-corrected chi connectivity index (χ1v) is 10.2. The van der Waals surface area contributed by atoms with E-state index in [1.165, 1.54) is 6.07 Å². The molecule has 128 valence electrons. The van der Waals surface area contributed by atoms with Gasteiger partial charge in [-0.1, -0.05) is 11.6 Å². The highest BCUT2D eigenvalue weighted by atomic mass is 35.5. The van der Waals surface area contributed by atoms with Crippen LogP contribution in [0.1, 0.15) is 25.7 Å². The summed E-state index contributed by atoms with van der Waals surface area (Å²) in [5.41, 5.74) is 0. The van der Waals surface area contributed by atoms with E-state index in [2.05, 4.69) is 4.72 Å². The van der Waals surface area contributed by atoms with E-state index in [-0.39, 0.29) is 22.8 Å². The van der Waals surface area contributed by atoms with Crippen molar-refractivity contribution >= 4 is 38.9 Å². The third-order valence-electron chi connectivity index (χ3n) is 4.29. The number of carbonyl (C=O) groups is 1. The number of hydrogen-bond acceptors (Lipinski definition) is 5. The lowest BCUT2D eigenvalue weighted by atomic mass is 9.86. The normalized spacial score (nSPS) is 24.6. The molecular weight excluding hydrogens is 360 g/mol. The molecule has 6 nitrogen and oxygen atoms in total. The molecule has 0 amide bonds. The summed E-state index contributed by atoms with van der Waals surface area (Å²) in [6, 6.07) is 3.07. The van der Waals surface area contributed by atoms with E-state index in [9.17, 15) is 13.2 Å². The lowest BCUT2D eigenvalue weighted by Gasteiger charge is -2.42. The number of rotatable bonds is 8. The van der Waals surface area contributed by atoms with E-state index in [0.29, 0.717) is 23.1 Å². The van der Waals surface area contributed by atoms with Crippen LogP contribution in [0.2, 0.25) is 4.34 Å². The quantitative estimate of drug-likeness (QED) is 0.722. The van der Waals surface area contributed by atoms with Crippen LogP contribution < -0.4 is 4.72 Å². The molecule has 0 atom stereocenters. The van der Waals surface area contributed by atoms with Crippen molar-refractivity contribution in [2.75, 3.05) is 13.1 Å². The molecule has 0 aliphatic heterocycles. The number of aliphatic carboxylic acids is 1. The molecule has 0 spiro atoms. The van der Waals surface area contributed by atoms with E-state index < -0.39 is 16.0 Å². The minimum atomic E-state index is -3.53. The highest BCUT2D eigenvalue weighted by Crippen LogP contribution is 2.34. The Morgan fingerprint density at radius 3 is 2.61 bits per heavy atom. The predicted octanol–water partition coefficient (Wildman–Crippen LogP) is 2.01. The summed E-state index contributed by atoms with van der Waals surface area (Å²) in [5, 5.41) is 9.02. The maximum absolute atomic E-state index is 12.2. The van der Waals surface area contributed by atoms with Crippen LogP contribution in [-0.4, -0.2) is 49.6 Å². The van der Waals surface area contributed by atoms with Crippen molar-refractivity contribution in [1.82, 2.24) is 9.62 Å². The maximum Gasteiger partial charge on any atom is 0.317 e. The molecule has 2 aliphatic carbocycles. The molecule has 0 saturated heterocycles. The van der Waals surface area contributed by atoms with Crippen LogP contribution in [0.5, 0.6) is 0 Å². The van der Waals surface area contributed by atoms with Crippen molar-refractivity contribution in [2.24, 2.45) is 5.92 Å². The third kappa shape index (κ3) is 4.45. The standard InChI is InChI=1S/C14H19ClN2O4S2/c15-12-3-4-14(22-12)23(20,21)16-10-5-11(6-10)17(8-13(18)19)7-9-1-2-9/h3-4,9-11,16H,1-2,5-8H2,(H,18,19). The number of nitrogens with one attached hydrogen (secondary N) is 1. The summed E-state index contributed by atoms with van der Waals surface area (Å²) < 4.78 is 27.8. The van der Waals surface area contributed by atoms with Gasteiger partial charge in [0.1, 0.15) is 4.21 Å². The van der Waals surface area contributed by atoms with Gasteiger partial charge in [0.15, 0.2) is 0 Å². The van der Waals surface area contributed by atoms with Gasteiger partial charge < -0.3 is 5.11 Å². The molecule has 2 aliphatic rings. The average Bonchev–Trinajstić information content (AvgIpc) is 3.10. The number of thiophene rings is 1. The zero-order valence-electron chi connectivity index (χ0n) is 12.4. The minimum Gasteiger partial charge on any atom is -0.480 e. The second-order valence-corrected chi connectivity index (χ2v) is 9.92. The Bertz CT molecular complexity index is 681. The highest BCUT2D eigenvalue weighted by molar-refractivity contribution is 7.91. The Balaban J connectivity index is 1.54. The fourth-order valence-corrected chi connectivity index (χ4v) is 5.61. The van der Waals surface area contributed by atoms with Gasteiger partial charge in [-0.05, 0) is 43.7 Å². The topological polar surface area (TPSA) is 86.7 Å². The number of hydrogen-bond donors (Lipinski definition) is 2. The Hall–Kier alpha value is -0.670. The molecule has 3 rings (SSSR count). The molecule has 2 fully saturated rings. The molecule has 2 saturated carbocycles. The maximum atomic E-state index is 12.2. The molecule has 2 N–H and O–H groups in total. The van der Waals surface area contributed by atoms with E-state index in [1.807, 2.05) is 4.90 Å². The molecule has 1 aromatic rings.